The molecule has 23 heavy (non-hydrogen) atoms. The van der Waals surface area contributed by atoms with E-state index in [-0.39, 0.29) is 5.91 Å². The Hall–Kier alpha value is -2.80. The predicted molar refractivity (Wildman–Crippen MR) is 84.2 cm³/mol. The van der Waals surface area contributed by atoms with E-state index < -0.39 is 0 Å². The molecule has 0 spiro atoms. The summed E-state index contributed by atoms with van der Waals surface area (Å²) < 4.78 is 4.66. The number of likely N-dealkylation sites (N-methyl/N-ethyl adjacent to an activating group) is 1. The zero-order chi connectivity index (χ0) is 16.1. The summed E-state index contributed by atoms with van der Waals surface area (Å²) in [6.07, 6.45) is 3.53. The highest BCUT2D eigenvalue weighted by molar-refractivity contribution is 5.78. The first-order valence-corrected chi connectivity index (χ1v) is 7.26. The summed E-state index contributed by atoms with van der Waals surface area (Å²) in [5.74, 6) is -0.0326. The molecule has 0 unspecified atom stereocenters. The van der Waals surface area contributed by atoms with Gasteiger partial charge >= 0.3 is 0 Å². The molecule has 0 saturated carbocycles. The molecule has 3 rings (SSSR count). The Bertz CT molecular complexity index is 787. The van der Waals surface area contributed by atoms with Crippen molar-refractivity contribution in [3.63, 3.8) is 0 Å². The Kier molecular flexibility index (Phi) is 4.58. The van der Waals surface area contributed by atoms with E-state index in [9.17, 15) is 4.79 Å². The highest BCUT2D eigenvalue weighted by Crippen LogP contribution is 2.11. The normalized spacial score (nSPS) is 11.0. The number of benzene rings is 1. The number of nitrogens with one attached hydrogen (secondary N) is 1. The minimum Gasteiger partial charge on any atom is -0.351 e. The van der Waals surface area contributed by atoms with Crippen LogP contribution in [0.5, 0.6) is 0 Å². The fourth-order valence-corrected chi connectivity index (χ4v) is 2.30. The van der Waals surface area contributed by atoms with Crippen molar-refractivity contribution in [3.8, 4) is 0 Å². The second kappa shape index (κ2) is 6.97. The van der Waals surface area contributed by atoms with Gasteiger partial charge in [-0.15, -0.1) is 0 Å². The van der Waals surface area contributed by atoms with Crippen molar-refractivity contribution < 1.29 is 9.42 Å². The van der Waals surface area contributed by atoms with Gasteiger partial charge in [0.2, 0.25) is 5.91 Å². The number of aromatic nitrogens is 3. The zero-order valence-electron chi connectivity index (χ0n) is 12.8. The topological polar surface area (TPSA) is 84.2 Å². The van der Waals surface area contributed by atoms with Crippen molar-refractivity contribution in [1.82, 2.24) is 25.5 Å². The predicted octanol–water partition coefficient (Wildman–Crippen LogP) is 1.37. The first kappa shape index (κ1) is 15.1. The van der Waals surface area contributed by atoms with E-state index in [0.717, 1.165) is 11.1 Å². The molecular weight excluding hydrogens is 294 g/mol. The highest BCUT2D eigenvalue weighted by Gasteiger charge is 2.08. The second-order valence-corrected chi connectivity index (χ2v) is 5.40. The summed E-state index contributed by atoms with van der Waals surface area (Å²) in [5.41, 5.74) is 3.42. The van der Waals surface area contributed by atoms with Crippen molar-refractivity contribution in [1.29, 1.82) is 0 Å². The molecule has 2 aromatic heterocycles. The van der Waals surface area contributed by atoms with Crippen molar-refractivity contribution in [2.75, 3.05) is 13.6 Å². The number of carbonyl (C=O) groups is 1. The van der Waals surface area contributed by atoms with Crippen LogP contribution >= 0.6 is 0 Å². The van der Waals surface area contributed by atoms with E-state index in [1.165, 1.54) is 0 Å². The molecule has 7 heteroatoms. The van der Waals surface area contributed by atoms with Crippen LogP contribution < -0.4 is 5.32 Å². The number of rotatable bonds is 6. The summed E-state index contributed by atoms with van der Waals surface area (Å²) in [7, 11) is 1.90. The molecule has 118 valence electrons. The minimum absolute atomic E-state index is 0.0326. The van der Waals surface area contributed by atoms with Gasteiger partial charge in [-0.3, -0.25) is 14.7 Å². The van der Waals surface area contributed by atoms with E-state index >= 15 is 0 Å². The van der Waals surface area contributed by atoms with E-state index in [2.05, 4.69) is 25.2 Å². The first-order valence-electron chi connectivity index (χ1n) is 7.26. The van der Waals surface area contributed by atoms with Gasteiger partial charge in [0.15, 0.2) is 0 Å². The largest absolute Gasteiger partial charge is 0.351 e. The Labute approximate surface area is 133 Å². The maximum atomic E-state index is 12.0. The van der Waals surface area contributed by atoms with Gasteiger partial charge in [-0.25, -0.2) is 4.63 Å². The monoisotopic (exact) mass is 311 g/mol. The molecule has 0 aliphatic rings. The fraction of sp³-hybridized carbons (Fsp3) is 0.250. The fourth-order valence-electron chi connectivity index (χ4n) is 2.30. The lowest BCUT2D eigenvalue weighted by atomic mass is 10.2. The van der Waals surface area contributed by atoms with Gasteiger partial charge in [0.05, 0.1) is 6.54 Å². The Morgan fingerprint density at radius 2 is 2.09 bits per heavy atom. The van der Waals surface area contributed by atoms with Crippen LogP contribution in [0.3, 0.4) is 0 Å². The third kappa shape index (κ3) is 4.10. The van der Waals surface area contributed by atoms with Gasteiger partial charge in [0.25, 0.3) is 0 Å². The molecule has 0 aliphatic carbocycles. The molecule has 0 radical (unpaired) electrons. The van der Waals surface area contributed by atoms with E-state index in [1.807, 2.05) is 42.3 Å². The number of nitrogens with zero attached hydrogens (tertiary/aromatic N) is 4. The number of carbonyl (C=O) groups excluding carboxylic acids is 1. The Morgan fingerprint density at radius 3 is 2.91 bits per heavy atom. The van der Waals surface area contributed by atoms with Gasteiger partial charge in [-0.2, -0.15) is 0 Å². The van der Waals surface area contributed by atoms with Crippen LogP contribution in [0.25, 0.3) is 11.0 Å². The van der Waals surface area contributed by atoms with Crippen LogP contribution in [0.2, 0.25) is 0 Å². The van der Waals surface area contributed by atoms with E-state index in [0.29, 0.717) is 30.7 Å². The molecular formula is C16H17N5O2. The van der Waals surface area contributed by atoms with Gasteiger partial charge < -0.3 is 5.32 Å². The third-order valence-corrected chi connectivity index (χ3v) is 3.40. The SMILES string of the molecule is CN(CC(=O)NCc1ccc2nonc2c1)Cc1cccnc1. The first-order chi connectivity index (χ1) is 11.2. The Morgan fingerprint density at radius 1 is 1.22 bits per heavy atom. The van der Waals surface area contributed by atoms with Crippen molar-refractivity contribution in [2.45, 2.75) is 13.1 Å². The molecule has 3 aromatic rings. The molecule has 1 N–H and O–H groups in total. The van der Waals surface area contributed by atoms with Gasteiger partial charge in [-0.1, -0.05) is 12.1 Å². The highest BCUT2D eigenvalue weighted by atomic mass is 16.6. The number of amides is 1. The second-order valence-electron chi connectivity index (χ2n) is 5.40. The minimum atomic E-state index is -0.0326. The summed E-state index contributed by atoms with van der Waals surface area (Å²) in [6.45, 7) is 1.45. The van der Waals surface area contributed by atoms with Crippen LogP contribution in [0.15, 0.2) is 47.4 Å². The van der Waals surface area contributed by atoms with Gasteiger partial charge in [-0.05, 0) is 46.7 Å². The molecule has 0 aliphatic heterocycles. The molecule has 0 bridgehead atoms. The molecule has 1 aromatic carbocycles. The quantitative estimate of drug-likeness (QED) is 0.740. The van der Waals surface area contributed by atoms with Gasteiger partial charge in [0, 0.05) is 25.5 Å². The van der Waals surface area contributed by atoms with Crippen molar-refractivity contribution in [3.05, 3.63) is 53.9 Å². The maximum Gasteiger partial charge on any atom is 0.234 e. The molecule has 1 amide bonds. The summed E-state index contributed by atoms with van der Waals surface area (Å²) >= 11 is 0. The molecule has 2 heterocycles. The van der Waals surface area contributed by atoms with E-state index in [1.54, 1.807) is 12.4 Å². The number of hydrogen-bond acceptors (Lipinski definition) is 6. The number of fused-ring (bicyclic) bond motifs is 1. The van der Waals surface area contributed by atoms with Crippen LogP contribution in [0.4, 0.5) is 0 Å². The van der Waals surface area contributed by atoms with E-state index in [4.69, 9.17) is 0 Å². The van der Waals surface area contributed by atoms with Gasteiger partial charge in [0.1, 0.15) is 11.0 Å². The summed E-state index contributed by atoms with van der Waals surface area (Å²) in [5, 5.41) is 10.4. The van der Waals surface area contributed by atoms with Crippen molar-refractivity contribution in [2.24, 2.45) is 0 Å². The zero-order valence-corrected chi connectivity index (χ0v) is 12.8. The number of hydrogen-bond donors (Lipinski definition) is 1. The summed E-state index contributed by atoms with van der Waals surface area (Å²) in [6, 6.07) is 9.44. The van der Waals surface area contributed by atoms with Crippen molar-refractivity contribution >= 4 is 16.9 Å². The lowest BCUT2D eigenvalue weighted by Crippen LogP contribution is -2.34. The number of pyridine rings is 1. The average Bonchev–Trinajstić information content (AvgIpc) is 3.01. The Balaban J connectivity index is 1.49. The maximum absolute atomic E-state index is 12.0. The molecule has 0 saturated heterocycles. The molecule has 7 nitrogen and oxygen atoms in total. The standard InChI is InChI=1S/C16H17N5O2/c1-21(10-13-3-2-6-17-8-13)11-16(22)18-9-12-4-5-14-15(7-12)20-23-19-14/h2-8H,9-11H2,1H3,(H,18,22). The molecule has 0 atom stereocenters. The molecule has 0 fully saturated rings. The third-order valence-electron chi connectivity index (χ3n) is 3.40. The lowest BCUT2D eigenvalue weighted by Gasteiger charge is -2.16. The summed E-state index contributed by atoms with van der Waals surface area (Å²) in [4.78, 5) is 18.0. The van der Waals surface area contributed by atoms with Crippen LogP contribution in [-0.4, -0.2) is 39.7 Å². The van der Waals surface area contributed by atoms with Crippen LogP contribution in [-0.2, 0) is 17.9 Å². The lowest BCUT2D eigenvalue weighted by molar-refractivity contribution is -0.122. The average molecular weight is 311 g/mol. The van der Waals surface area contributed by atoms with Crippen LogP contribution in [0.1, 0.15) is 11.1 Å². The van der Waals surface area contributed by atoms with Crippen LogP contribution in [0, 0.1) is 0 Å². The smallest absolute Gasteiger partial charge is 0.234 e.